The summed E-state index contributed by atoms with van der Waals surface area (Å²) in [4.78, 5) is 0.0840. The molecule has 146 valence electrons. The first kappa shape index (κ1) is 19.7. The second-order valence-corrected chi connectivity index (χ2v) is 10.6. The second-order valence-electron chi connectivity index (χ2n) is 6.97. The predicted octanol–water partition coefficient (Wildman–Crippen LogP) is 3.34. The lowest BCUT2D eigenvalue weighted by molar-refractivity contribution is 0.574. The van der Waals surface area contributed by atoms with Crippen molar-refractivity contribution >= 4 is 31.4 Å². The van der Waals surface area contributed by atoms with Gasteiger partial charge >= 0.3 is 0 Å². The Morgan fingerprint density at radius 3 is 2.37 bits per heavy atom. The van der Waals surface area contributed by atoms with Crippen molar-refractivity contribution in [2.24, 2.45) is 0 Å². The molecular formula is C19H24N2O4S2. The zero-order valence-corrected chi connectivity index (χ0v) is 17.3. The number of sulfonamides is 2. The normalized spacial score (nSPS) is 16.9. The maximum atomic E-state index is 13.0. The summed E-state index contributed by atoms with van der Waals surface area (Å²) in [6.07, 6.45) is 1.39. The van der Waals surface area contributed by atoms with Gasteiger partial charge in [0.25, 0.3) is 10.0 Å². The molecule has 0 unspecified atom stereocenters. The van der Waals surface area contributed by atoms with E-state index < -0.39 is 20.0 Å². The zero-order valence-electron chi connectivity index (χ0n) is 15.7. The van der Waals surface area contributed by atoms with Crippen LogP contribution in [-0.4, -0.2) is 29.1 Å². The van der Waals surface area contributed by atoms with E-state index in [1.165, 1.54) is 10.4 Å². The number of benzene rings is 2. The number of nitrogens with one attached hydrogen (secondary N) is 1. The molecule has 0 aromatic heterocycles. The molecule has 2 aromatic carbocycles. The average Bonchev–Trinajstić information content (AvgIpc) is 2.57. The summed E-state index contributed by atoms with van der Waals surface area (Å²) in [5, 5.41) is 0. The van der Waals surface area contributed by atoms with Gasteiger partial charge in [0.15, 0.2) is 0 Å². The molecule has 0 aliphatic carbocycles. The molecule has 6 nitrogen and oxygen atoms in total. The molecule has 1 aliphatic heterocycles. The number of rotatable bonds is 4. The minimum Gasteiger partial charge on any atom is -0.279 e. The molecule has 0 atom stereocenters. The molecule has 0 bridgehead atoms. The third-order valence-corrected chi connectivity index (χ3v) is 8.10. The van der Waals surface area contributed by atoms with E-state index in [9.17, 15) is 16.8 Å². The minimum atomic E-state index is -3.85. The third kappa shape index (κ3) is 4.11. The fourth-order valence-corrected chi connectivity index (χ4v) is 6.27. The summed E-state index contributed by atoms with van der Waals surface area (Å²) in [6.45, 7) is 5.85. The first-order valence-corrected chi connectivity index (χ1v) is 11.9. The van der Waals surface area contributed by atoms with Crippen molar-refractivity contribution in [2.45, 2.75) is 38.5 Å². The summed E-state index contributed by atoms with van der Waals surface area (Å²) >= 11 is 0. The van der Waals surface area contributed by atoms with E-state index in [1.807, 2.05) is 26.0 Å². The highest BCUT2D eigenvalue weighted by Gasteiger charge is 2.28. The van der Waals surface area contributed by atoms with Gasteiger partial charge in [-0.3, -0.25) is 9.03 Å². The standard InChI is InChI=1S/C19H24N2O4S2/c1-14-6-9-18(16(3)12-14)20-27(24,25)19-13-17(8-7-15(19)2)21-10-4-5-11-26(21,22)23/h6-9,12-13,20H,4-5,10-11H2,1-3H3. The van der Waals surface area contributed by atoms with Crippen LogP contribution < -0.4 is 9.03 Å². The molecule has 1 heterocycles. The second kappa shape index (κ2) is 7.16. The quantitative estimate of drug-likeness (QED) is 0.841. The SMILES string of the molecule is Cc1ccc(NS(=O)(=O)c2cc(N3CCCCS3(=O)=O)ccc2C)c(C)c1. The van der Waals surface area contributed by atoms with Crippen molar-refractivity contribution in [1.82, 2.24) is 0 Å². The Morgan fingerprint density at radius 1 is 0.963 bits per heavy atom. The van der Waals surface area contributed by atoms with Gasteiger partial charge in [0.2, 0.25) is 10.0 Å². The lowest BCUT2D eigenvalue weighted by Crippen LogP contribution is -2.38. The van der Waals surface area contributed by atoms with Gasteiger partial charge in [-0.1, -0.05) is 23.8 Å². The molecule has 0 radical (unpaired) electrons. The van der Waals surface area contributed by atoms with Crippen molar-refractivity contribution in [2.75, 3.05) is 21.3 Å². The van der Waals surface area contributed by atoms with Crippen molar-refractivity contribution in [1.29, 1.82) is 0 Å². The number of anilines is 2. The molecule has 3 rings (SSSR count). The Hall–Kier alpha value is -2.06. The predicted molar refractivity (Wildman–Crippen MR) is 108 cm³/mol. The molecule has 2 aromatic rings. The smallest absolute Gasteiger partial charge is 0.262 e. The molecule has 1 N–H and O–H groups in total. The van der Waals surface area contributed by atoms with E-state index in [-0.39, 0.29) is 10.6 Å². The van der Waals surface area contributed by atoms with Crippen molar-refractivity contribution < 1.29 is 16.8 Å². The van der Waals surface area contributed by atoms with Crippen LogP contribution in [0.4, 0.5) is 11.4 Å². The van der Waals surface area contributed by atoms with Gasteiger partial charge < -0.3 is 0 Å². The Kier molecular flexibility index (Phi) is 5.22. The van der Waals surface area contributed by atoms with E-state index in [0.717, 1.165) is 17.5 Å². The van der Waals surface area contributed by atoms with Crippen LogP contribution in [0.15, 0.2) is 41.3 Å². The minimum absolute atomic E-state index is 0.0840. The number of hydrogen-bond acceptors (Lipinski definition) is 4. The topological polar surface area (TPSA) is 83.6 Å². The first-order valence-electron chi connectivity index (χ1n) is 8.81. The summed E-state index contributed by atoms with van der Waals surface area (Å²) in [5.41, 5.74) is 3.33. The maximum absolute atomic E-state index is 13.0. The van der Waals surface area contributed by atoms with Gasteiger partial charge in [-0.05, 0) is 62.9 Å². The van der Waals surface area contributed by atoms with Gasteiger partial charge in [0.05, 0.1) is 22.0 Å². The lowest BCUT2D eigenvalue weighted by atomic mass is 10.1. The molecule has 0 amide bonds. The monoisotopic (exact) mass is 408 g/mol. The van der Waals surface area contributed by atoms with E-state index in [0.29, 0.717) is 29.9 Å². The van der Waals surface area contributed by atoms with E-state index in [2.05, 4.69) is 4.72 Å². The summed E-state index contributed by atoms with van der Waals surface area (Å²) in [5.74, 6) is 0.0871. The Bertz CT molecular complexity index is 1080. The highest BCUT2D eigenvalue weighted by molar-refractivity contribution is 7.93. The van der Waals surface area contributed by atoms with Crippen LogP contribution in [0.25, 0.3) is 0 Å². The zero-order chi connectivity index (χ0) is 19.8. The fraction of sp³-hybridized carbons (Fsp3) is 0.368. The molecule has 1 saturated heterocycles. The van der Waals surface area contributed by atoms with Crippen molar-refractivity contribution in [3.8, 4) is 0 Å². The first-order chi connectivity index (χ1) is 12.6. The van der Waals surface area contributed by atoms with Crippen LogP contribution >= 0.6 is 0 Å². The summed E-state index contributed by atoms with van der Waals surface area (Å²) in [6, 6.07) is 10.2. The average molecular weight is 409 g/mol. The van der Waals surface area contributed by atoms with Gasteiger partial charge in [0.1, 0.15) is 0 Å². The van der Waals surface area contributed by atoms with Gasteiger partial charge in [-0.15, -0.1) is 0 Å². The largest absolute Gasteiger partial charge is 0.279 e. The van der Waals surface area contributed by atoms with Crippen LogP contribution in [0.3, 0.4) is 0 Å². The fourth-order valence-electron chi connectivity index (χ4n) is 3.24. The van der Waals surface area contributed by atoms with Crippen LogP contribution in [-0.2, 0) is 20.0 Å². The Balaban J connectivity index is 2.00. The Morgan fingerprint density at radius 2 is 1.70 bits per heavy atom. The summed E-state index contributed by atoms with van der Waals surface area (Å²) < 4.78 is 54.6. The van der Waals surface area contributed by atoms with Gasteiger partial charge in [-0.25, -0.2) is 16.8 Å². The molecule has 0 spiro atoms. The molecule has 27 heavy (non-hydrogen) atoms. The highest BCUT2D eigenvalue weighted by atomic mass is 32.2. The number of aryl methyl sites for hydroxylation is 3. The van der Waals surface area contributed by atoms with Gasteiger partial charge in [-0.2, -0.15) is 0 Å². The number of hydrogen-bond donors (Lipinski definition) is 1. The molecule has 1 fully saturated rings. The Labute approximate surface area is 161 Å². The highest BCUT2D eigenvalue weighted by Crippen LogP contribution is 2.29. The van der Waals surface area contributed by atoms with Crippen LogP contribution in [0, 0.1) is 20.8 Å². The third-order valence-electron chi connectivity index (χ3n) is 4.72. The van der Waals surface area contributed by atoms with E-state index in [4.69, 9.17) is 0 Å². The molecular weight excluding hydrogens is 384 g/mol. The molecule has 8 heteroatoms. The van der Waals surface area contributed by atoms with Crippen LogP contribution in [0.1, 0.15) is 29.5 Å². The van der Waals surface area contributed by atoms with Crippen LogP contribution in [0.5, 0.6) is 0 Å². The lowest BCUT2D eigenvalue weighted by Gasteiger charge is -2.28. The van der Waals surface area contributed by atoms with Gasteiger partial charge in [0, 0.05) is 6.54 Å². The van der Waals surface area contributed by atoms with E-state index >= 15 is 0 Å². The van der Waals surface area contributed by atoms with Crippen molar-refractivity contribution in [3.63, 3.8) is 0 Å². The number of nitrogens with zero attached hydrogens (tertiary/aromatic N) is 1. The summed E-state index contributed by atoms with van der Waals surface area (Å²) in [7, 11) is -7.25. The molecule has 0 saturated carbocycles. The van der Waals surface area contributed by atoms with Crippen LogP contribution in [0.2, 0.25) is 0 Å². The maximum Gasteiger partial charge on any atom is 0.262 e. The van der Waals surface area contributed by atoms with E-state index in [1.54, 1.807) is 25.1 Å². The molecule has 1 aliphatic rings. The van der Waals surface area contributed by atoms with Crippen molar-refractivity contribution in [3.05, 3.63) is 53.1 Å².